The molecule has 0 saturated carbocycles. The standard InChI is InChI=1S/C20H23F3N4O3/c1-12-18(19(29)25-15-4-6-17(7-5-15)30-20(21,22)23)24-13(2)27(12)16-8-10-26(11-9-16)14(3)28/h4-7,16H,8-11H2,1-3H3,(H,25,29). The molecule has 1 saturated heterocycles. The third kappa shape index (κ3) is 4.92. The molecule has 2 aromatic rings. The second-order valence-corrected chi connectivity index (χ2v) is 7.23. The Balaban J connectivity index is 1.70. The van der Waals surface area contributed by atoms with Crippen LogP contribution in [0.5, 0.6) is 5.75 Å². The van der Waals surface area contributed by atoms with Crippen molar-refractivity contribution < 1.29 is 27.5 Å². The van der Waals surface area contributed by atoms with E-state index in [0.717, 1.165) is 25.0 Å². The van der Waals surface area contributed by atoms with Gasteiger partial charge in [-0.25, -0.2) is 4.98 Å². The minimum atomic E-state index is -4.77. The third-order valence-electron chi connectivity index (χ3n) is 5.16. The molecule has 0 bridgehead atoms. The van der Waals surface area contributed by atoms with Crippen LogP contribution in [0, 0.1) is 13.8 Å². The van der Waals surface area contributed by atoms with E-state index in [4.69, 9.17) is 0 Å². The number of hydrogen-bond donors (Lipinski definition) is 1. The van der Waals surface area contributed by atoms with Crippen molar-refractivity contribution in [2.75, 3.05) is 18.4 Å². The molecule has 1 aromatic carbocycles. The number of aryl methyl sites for hydroxylation is 1. The normalized spacial score (nSPS) is 15.2. The average molecular weight is 424 g/mol. The number of benzene rings is 1. The number of halogens is 3. The van der Waals surface area contributed by atoms with Crippen molar-refractivity contribution in [3.63, 3.8) is 0 Å². The number of ether oxygens (including phenoxy) is 1. The van der Waals surface area contributed by atoms with Gasteiger partial charge in [0.05, 0.1) is 0 Å². The predicted octanol–water partition coefficient (Wildman–Crippen LogP) is 3.83. The lowest BCUT2D eigenvalue weighted by molar-refractivity contribution is -0.274. The number of anilines is 1. The van der Waals surface area contributed by atoms with Crippen LogP contribution in [-0.4, -0.2) is 45.7 Å². The van der Waals surface area contributed by atoms with E-state index in [-0.39, 0.29) is 23.4 Å². The highest BCUT2D eigenvalue weighted by Crippen LogP contribution is 2.28. The molecule has 162 valence electrons. The van der Waals surface area contributed by atoms with Gasteiger partial charge < -0.3 is 19.5 Å². The molecular formula is C20H23F3N4O3. The molecule has 1 aliphatic rings. The number of aromatic nitrogens is 2. The first-order valence-corrected chi connectivity index (χ1v) is 9.53. The third-order valence-corrected chi connectivity index (χ3v) is 5.16. The Kier molecular flexibility index (Phi) is 6.04. The first kappa shape index (κ1) is 21.7. The Morgan fingerprint density at radius 1 is 1.13 bits per heavy atom. The highest BCUT2D eigenvalue weighted by Gasteiger charge is 2.31. The van der Waals surface area contributed by atoms with Crippen molar-refractivity contribution >= 4 is 17.5 Å². The van der Waals surface area contributed by atoms with Crippen LogP contribution < -0.4 is 10.1 Å². The molecule has 7 nitrogen and oxygen atoms in total. The second kappa shape index (κ2) is 8.37. The van der Waals surface area contributed by atoms with Crippen molar-refractivity contribution in [1.29, 1.82) is 0 Å². The Labute approximate surface area is 171 Å². The molecule has 1 aliphatic heterocycles. The quantitative estimate of drug-likeness (QED) is 0.809. The van der Waals surface area contributed by atoms with Crippen molar-refractivity contribution in [1.82, 2.24) is 14.5 Å². The van der Waals surface area contributed by atoms with Crippen LogP contribution in [0.4, 0.5) is 18.9 Å². The fourth-order valence-electron chi connectivity index (χ4n) is 3.78. The van der Waals surface area contributed by atoms with E-state index in [0.29, 0.717) is 30.3 Å². The largest absolute Gasteiger partial charge is 0.573 e. The van der Waals surface area contributed by atoms with Gasteiger partial charge in [-0.05, 0) is 51.0 Å². The number of amides is 2. The minimum absolute atomic E-state index is 0.0549. The predicted molar refractivity (Wildman–Crippen MR) is 103 cm³/mol. The van der Waals surface area contributed by atoms with Gasteiger partial charge >= 0.3 is 6.36 Å². The fraction of sp³-hybridized carbons (Fsp3) is 0.450. The zero-order valence-corrected chi connectivity index (χ0v) is 16.9. The van der Waals surface area contributed by atoms with Crippen LogP contribution in [0.3, 0.4) is 0 Å². The molecule has 1 N–H and O–H groups in total. The van der Waals surface area contributed by atoms with Gasteiger partial charge in [-0.3, -0.25) is 9.59 Å². The van der Waals surface area contributed by atoms with E-state index in [1.807, 2.05) is 18.4 Å². The molecule has 2 heterocycles. The summed E-state index contributed by atoms with van der Waals surface area (Å²) >= 11 is 0. The molecule has 3 rings (SSSR count). The zero-order valence-electron chi connectivity index (χ0n) is 16.9. The lowest BCUT2D eigenvalue weighted by atomic mass is 10.0. The first-order chi connectivity index (χ1) is 14.0. The number of carbonyl (C=O) groups is 2. The highest BCUT2D eigenvalue weighted by molar-refractivity contribution is 6.03. The zero-order chi connectivity index (χ0) is 22.1. The summed E-state index contributed by atoms with van der Waals surface area (Å²) < 4.78 is 42.6. The Morgan fingerprint density at radius 2 is 1.73 bits per heavy atom. The van der Waals surface area contributed by atoms with Gasteiger partial charge in [0.25, 0.3) is 5.91 Å². The highest BCUT2D eigenvalue weighted by atomic mass is 19.4. The summed E-state index contributed by atoms with van der Waals surface area (Å²) in [6.07, 6.45) is -3.22. The number of hydrogen-bond acceptors (Lipinski definition) is 4. The first-order valence-electron chi connectivity index (χ1n) is 9.53. The number of alkyl halides is 3. The van der Waals surface area contributed by atoms with Crippen LogP contribution in [0.15, 0.2) is 24.3 Å². The number of nitrogens with zero attached hydrogens (tertiary/aromatic N) is 3. The summed E-state index contributed by atoms with van der Waals surface area (Å²) in [6, 6.07) is 5.06. The molecular weight excluding hydrogens is 401 g/mol. The number of nitrogens with one attached hydrogen (secondary N) is 1. The maximum Gasteiger partial charge on any atom is 0.573 e. The maximum atomic E-state index is 12.7. The van der Waals surface area contributed by atoms with E-state index in [9.17, 15) is 22.8 Å². The van der Waals surface area contributed by atoms with Gasteiger partial charge in [0.2, 0.25) is 5.91 Å². The second-order valence-electron chi connectivity index (χ2n) is 7.23. The molecule has 0 unspecified atom stereocenters. The molecule has 2 amide bonds. The summed E-state index contributed by atoms with van der Waals surface area (Å²) in [4.78, 5) is 30.4. The number of piperidine rings is 1. The fourth-order valence-corrected chi connectivity index (χ4v) is 3.78. The Hall–Kier alpha value is -3.04. The summed E-state index contributed by atoms with van der Waals surface area (Å²) in [6.45, 7) is 6.51. The van der Waals surface area contributed by atoms with Crippen molar-refractivity contribution in [3.8, 4) is 5.75 Å². The van der Waals surface area contributed by atoms with Gasteiger partial charge in [-0.1, -0.05) is 0 Å². The van der Waals surface area contributed by atoms with Crippen LogP contribution in [0.25, 0.3) is 0 Å². The van der Waals surface area contributed by atoms with Crippen molar-refractivity contribution in [2.45, 2.75) is 46.0 Å². The van der Waals surface area contributed by atoms with E-state index < -0.39 is 12.3 Å². The van der Waals surface area contributed by atoms with E-state index in [1.54, 1.807) is 11.8 Å². The minimum Gasteiger partial charge on any atom is -0.406 e. The lowest BCUT2D eigenvalue weighted by Gasteiger charge is -2.33. The van der Waals surface area contributed by atoms with Crippen LogP contribution in [-0.2, 0) is 4.79 Å². The maximum absolute atomic E-state index is 12.7. The summed E-state index contributed by atoms with van der Waals surface area (Å²) in [7, 11) is 0. The van der Waals surface area contributed by atoms with Gasteiger partial charge in [0.15, 0.2) is 0 Å². The summed E-state index contributed by atoms with van der Waals surface area (Å²) in [5.41, 5.74) is 1.30. The van der Waals surface area contributed by atoms with E-state index in [2.05, 4.69) is 15.0 Å². The SMILES string of the molecule is CC(=O)N1CCC(n2c(C)nc(C(=O)Nc3ccc(OC(F)(F)F)cc3)c2C)CC1. The Bertz CT molecular complexity index is 930. The summed E-state index contributed by atoms with van der Waals surface area (Å²) in [5.74, 6) is -0.0548. The number of imidazole rings is 1. The molecule has 1 aromatic heterocycles. The topological polar surface area (TPSA) is 76.5 Å². The number of likely N-dealkylation sites (tertiary alicyclic amines) is 1. The molecule has 0 aliphatic carbocycles. The molecule has 0 atom stereocenters. The van der Waals surface area contributed by atoms with Crippen LogP contribution in [0.1, 0.15) is 47.8 Å². The number of rotatable bonds is 4. The smallest absolute Gasteiger partial charge is 0.406 e. The van der Waals surface area contributed by atoms with Gasteiger partial charge in [0, 0.05) is 37.4 Å². The summed E-state index contributed by atoms with van der Waals surface area (Å²) in [5, 5.41) is 2.65. The lowest BCUT2D eigenvalue weighted by Crippen LogP contribution is -2.38. The van der Waals surface area contributed by atoms with Crippen LogP contribution >= 0.6 is 0 Å². The Morgan fingerprint density at radius 3 is 2.27 bits per heavy atom. The molecule has 1 fully saturated rings. The van der Waals surface area contributed by atoms with Gasteiger partial charge in [0.1, 0.15) is 17.3 Å². The molecule has 30 heavy (non-hydrogen) atoms. The van der Waals surface area contributed by atoms with E-state index >= 15 is 0 Å². The number of carbonyl (C=O) groups excluding carboxylic acids is 2. The van der Waals surface area contributed by atoms with Crippen molar-refractivity contribution in [3.05, 3.63) is 41.5 Å². The van der Waals surface area contributed by atoms with Gasteiger partial charge in [-0.15, -0.1) is 13.2 Å². The molecule has 10 heteroatoms. The molecule has 0 spiro atoms. The van der Waals surface area contributed by atoms with Crippen molar-refractivity contribution in [2.24, 2.45) is 0 Å². The average Bonchev–Trinajstić information content (AvgIpc) is 2.96. The van der Waals surface area contributed by atoms with Gasteiger partial charge in [-0.2, -0.15) is 0 Å². The van der Waals surface area contributed by atoms with Crippen LogP contribution in [0.2, 0.25) is 0 Å². The molecule has 0 radical (unpaired) electrons. The van der Waals surface area contributed by atoms with E-state index in [1.165, 1.54) is 12.1 Å². The monoisotopic (exact) mass is 424 g/mol.